The fourth-order valence-electron chi connectivity index (χ4n) is 2.14. The Bertz CT molecular complexity index is 583. The van der Waals surface area contributed by atoms with Crippen LogP contribution in [-0.2, 0) is 9.59 Å². The van der Waals surface area contributed by atoms with Gasteiger partial charge in [-0.2, -0.15) is 0 Å². The van der Waals surface area contributed by atoms with Crippen molar-refractivity contribution in [2.24, 2.45) is 0 Å². The van der Waals surface area contributed by atoms with Crippen LogP contribution in [0.5, 0.6) is 5.75 Å². The first-order valence-corrected chi connectivity index (χ1v) is 6.81. The molecule has 6 heteroatoms. The lowest BCUT2D eigenvalue weighted by Gasteiger charge is -2.18. The van der Waals surface area contributed by atoms with Gasteiger partial charge in [0.25, 0.3) is 0 Å². The van der Waals surface area contributed by atoms with Crippen LogP contribution in [0.2, 0.25) is 0 Å². The van der Waals surface area contributed by atoms with Gasteiger partial charge in [-0.1, -0.05) is 18.2 Å². The Morgan fingerprint density at radius 2 is 1.76 bits per heavy atom. The van der Waals surface area contributed by atoms with E-state index in [9.17, 15) is 14.4 Å². The van der Waals surface area contributed by atoms with Crippen molar-refractivity contribution in [3.05, 3.63) is 29.8 Å². The highest BCUT2D eigenvalue weighted by atomic mass is 16.5. The fraction of sp³-hybridized carbons (Fsp3) is 0.400. The van der Waals surface area contributed by atoms with Gasteiger partial charge in [0.15, 0.2) is 0 Å². The van der Waals surface area contributed by atoms with Gasteiger partial charge in [-0.05, 0) is 32.4 Å². The molecule has 1 saturated heterocycles. The summed E-state index contributed by atoms with van der Waals surface area (Å²) in [6.07, 6.45) is 0. The Kier molecular flexibility index (Phi) is 4.26. The largest absolute Gasteiger partial charge is 0.491 e. The Hall–Kier alpha value is -2.37. The fourth-order valence-corrected chi connectivity index (χ4v) is 2.14. The normalized spacial score (nSPS) is 15.3. The van der Waals surface area contributed by atoms with Crippen LogP contribution in [0.3, 0.4) is 0 Å². The molecule has 1 aromatic carbocycles. The van der Waals surface area contributed by atoms with E-state index in [0.29, 0.717) is 5.75 Å². The number of carbonyl (C=O) groups excluding carboxylic acids is 3. The van der Waals surface area contributed by atoms with E-state index in [-0.39, 0.29) is 19.2 Å². The first-order chi connectivity index (χ1) is 9.93. The van der Waals surface area contributed by atoms with Crippen molar-refractivity contribution < 1.29 is 19.1 Å². The first kappa shape index (κ1) is 15.0. The molecule has 6 nitrogen and oxygen atoms in total. The van der Waals surface area contributed by atoms with Crippen LogP contribution in [-0.4, -0.2) is 46.8 Å². The number of rotatable bonds is 5. The van der Waals surface area contributed by atoms with E-state index in [1.165, 1.54) is 0 Å². The number of nitrogens with zero attached hydrogens (tertiary/aromatic N) is 2. The zero-order valence-electron chi connectivity index (χ0n) is 12.3. The number of urea groups is 1. The molecule has 4 amide bonds. The van der Waals surface area contributed by atoms with Crippen molar-refractivity contribution in [2.45, 2.75) is 26.8 Å². The van der Waals surface area contributed by atoms with Gasteiger partial charge in [0, 0.05) is 6.04 Å². The van der Waals surface area contributed by atoms with Gasteiger partial charge in [0.1, 0.15) is 12.4 Å². The van der Waals surface area contributed by atoms with Gasteiger partial charge < -0.3 is 4.74 Å². The molecule has 0 aliphatic carbocycles. The molecule has 0 N–H and O–H groups in total. The topological polar surface area (TPSA) is 66.9 Å². The smallest absolute Gasteiger partial charge is 0.334 e. The average molecular weight is 290 g/mol. The molecular weight excluding hydrogens is 272 g/mol. The van der Waals surface area contributed by atoms with Crippen molar-refractivity contribution in [3.63, 3.8) is 0 Å². The Morgan fingerprint density at radius 1 is 1.10 bits per heavy atom. The third kappa shape index (κ3) is 2.89. The van der Waals surface area contributed by atoms with Crippen LogP contribution in [0.1, 0.15) is 19.4 Å². The maximum atomic E-state index is 12.0. The van der Waals surface area contributed by atoms with Gasteiger partial charge in [-0.3, -0.25) is 19.4 Å². The number of ether oxygens (including phenoxy) is 1. The molecule has 2 rings (SSSR count). The minimum Gasteiger partial charge on any atom is -0.491 e. The summed E-state index contributed by atoms with van der Waals surface area (Å²) in [5.74, 6) is -0.864. The van der Waals surface area contributed by atoms with Gasteiger partial charge in [-0.25, -0.2) is 4.79 Å². The van der Waals surface area contributed by atoms with Crippen LogP contribution >= 0.6 is 0 Å². The molecule has 112 valence electrons. The third-order valence-corrected chi connectivity index (χ3v) is 3.27. The predicted octanol–water partition coefficient (Wildman–Crippen LogP) is 1.57. The van der Waals surface area contributed by atoms with Gasteiger partial charge in [0.2, 0.25) is 0 Å². The predicted molar refractivity (Wildman–Crippen MR) is 75.8 cm³/mol. The van der Waals surface area contributed by atoms with Gasteiger partial charge in [0.05, 0.1) is 6.54 Å². The minimum atomic E-state index is -0.790. The molecule has 1 aromatic rings. The Morgan fingerprint density at radius 3 is 2.33 bits per heavy atom. The van der Waals surface area contributed by atoms with Crippen LogP contribution in [0.15, 0.2) is 24.3 Å². The van der Waals surface area contributed by atoms with E-state index in [2.05, 4.69) is 0 Å². The number of para-hydroxylation sites is 1. The molecule has 1 fully saturated rings. The highest BCUT2D eigenvalue weighted by Gasteiger charge is 2.45. The average Bonchev–Trinajstić information content (AvgIpc) is 2.64. The summed E-state index contributed by atoms with van der Waals surface area (Å²) in [6, 6.07) is 6.55. The third-order valence-electron chi connectivity index (χ3n) is 3.27. The molecular formula is C15H18N2O4. The zero-order valence-corrected chi connectivity index (χ0v) is 12.3. The molecule has 1 heterocycles. The summed E-state index contributed by atoms with van der Waals surface area (Å²) in [4.78, 5) is 37.5. The lowest BCUT2D eigenvalue weighted by molar-refractivity contribution is -0.143. The highest BCUT2D eigenvalue weighted by Crippen LogP contribution is 2.18. The quantitative estimate of drug-likeness (QED) is 0.610. The summed E-state index contributed by atoms with van der Waals surface area (Å²) < 4.78 is 5.55. The standard InChI is InChI=1S/C15H18N2O4/c1-10(2)17-14(19)13(18)16(15(17)20)8-9-21-12-7-5-4-6-11(12)3/h4-7,10H,8-9H2,1-3H3. The number of amides is 4. The minimum absolute atomic E-state index is 0.0565. The molecule has 0 aromatic heterocycles. The molecule has 0 unspecified atom stereocenters. The number of benzene rings is 1. The molecule has 0 spiro atoms. The Labute approximate surface area is 123 Å². The van der Waals surface area contributed by atoms with Crippen LogP contribution in [0.4, 0.5) is 4.79 Å². The monoisotopic (exact) mass is 290 g/mol. The van der Waals surface area contributed by atoms with Crippen molar-refractivity contribution in [2.75, 3.05) is 13.2 Å². The molecule has 21 heavy (non-hydrogen) atoms. The second kappa shape index (κ2) is 5.95. The van der Waals surface area contributed by atoms with E-state index in [4.69, 9.17) is 4.74 Å². The summed E-state index contributed by atoms with van der Waals surface area (Å²) in [7, 11) is 0. The van der Waals surface area contributed by atoms with Crippen LogP contribution < -0.4 is 4.74 Å². The molecule has 0 radical (unpaired) electrons. The van der Waals surface area contributed by atoms with Crippen molar-refractivity contribution in [1.29, 1.82) is 0 Å². The number of carbonyl (C=O) groups is 3. The van der Waals surface area contributed by atoms with Crippen LogP contribution in [0, 0.1) is 6.92 Å². The van der Waals surface area contributed by atoms with E-state index >= 15 is 0 Å². The Balaban J connectivity index is 1.98. The molecule has 0 saturated carbocycles. The number of hydrogen-bond donors (Lipinski definition) is 0. The lowest BCUT2D eigenvalue weighted by atomic mass is 10.2. The highest BCUT2D eigenvalue weighted by molar-refractivity contribution is 6.44. The maximum absolute atomic E-state index is 12.0. The second-order valence-electron chi connectivity index (χ2n) is 5.12. The number of imide groups is 2. The molecule has 0 bridgehead atoms. The number of aryl methyl sites for hydroxylation is 1. The van der Waals surface area contributed by atoms with Crippen molar-refractivity contribution >= 4 is 17.8 Å². The molecule has 1 aliphatic rings. The second-order valence-corrected chi connectivity index (χ2v) is 5.12. The maximum Gasteiger partial charge on any atom is 0.334 e. The van der Waals surface area contributed by atoms with Gasteiger partial charge in [-0.15, -0.1) is 0 Å². The van der Waals surface area contributed by atoms with E-state index in [1.54, 1.807) is 13.8 Å². The molecule has 1 aliphatic heterocycles. The van der Waals surface area contributed by atoms with E-state index in [1.807, 2.05) is 31.2 Å². The van der Waals surface area contributed by atoms with Gasteiger partial charge >= 0.3 is 17.8 Å². The summed E-state index contributed by atoms with van der Waals surface area (Å²) in [6.45, 7) is 5.50. The number of hydrogen-bond acceptors (Lipinski definition) is 4. The van der Waals surface area contributed by atoms with Crippen molar-refractivity contribution in [1.82, 2.24) is 9.80 Å². The summed E-state index contributed by atoms with van der Waals surface area (Å²) in [5.41, 5.74) is 0.969. The molecule has 0 atom stereocenters. The lowest BCUT2D eigenvalue weighted by Crippen LogP contribution is -2.39. The summed E-state index contributed by atoms with van der Waals surface area (Å²) >= 11 is 0. The van der Waals surface area contributed by atoms with E-state index in [0.717, 1.165) is 15.4 Å². The van der Waals surface area contributed by atoms with Crippen molar-refractivity contribution in [3.8, 4) is 5.75 Å². The zero-order chi connectivity index (χ0) is 15.6. The summed E-state index contributed by atoms with van der Waals surface area (Å²) in [5, 5.41) is 0. The van der Waals surface area contributed by atoms with Crippen LogP contribution in [0.25, 0.3) is 0 Å². The first-order valence-electron chi connectivity index (χ1n) is 6.81. The SMILES string of the molecule is Cc1ccccc1OCCN1C(=O)C(=O)N(C(C)C)C1=O. The van der Waals surface area contributed by atoms with E-state index < -0.39 is 17.8 Å².